The molecule has 4 nitrogen and oxygen atoms in total. The van der Waals surface area contributed by atoms with Crippen molar-refractivity contribution >= 4 is 34.4 Å². The third-order valence-corrected chi connectivity index (χ3v) is 4.17. The van der Waals surface area contributed by atoms with Crippen molar-refractivity contribution in [3.63, 3.8) is 0 Å². The Balaban J connectivity index is 1.97. The lowest BCUT2D eigenvalue weighted by Gasteiger charge is -2.15. The first-order valence-electron chi connectivity index (χ1n) is 6.34. The summed E-state index contributed by atoms with van der Waals surface area (Å²) in [5, 5.41) is 11.6. The van der Waals surface area contributed by atoms with Crippen LogP contribution in [0, 0.1) is 0 Å². The molecule has 0 aliphatic carbocycles. The summed E-state index contributed by atoms with van der Waals surface area (Å²) in [4.78, 5) is 25.5. The van der Waals surface area contributed by atoms with Gasteiger partial charge in [0.05, 0.1) is 11.3 Å². The van der Waals surface area contributed by atoms with Gasteiger partial charge in [-0.15, -0.1) is 11.3 Å². The highest BCUT2D eigenvalue weighted by atomic mass is 32.1. The van der Waals surface area contributed by atoms with Crippen LogP contribution in [-0.4, -0.2) is 16.9 Å². The van der Waals surface area contributed by atoms with Crippen molar-refractivity contribution in [2.24, 2.45) is 0 Å². The minimum Gasteiger partial charge on any atom is -0.502 e. The molecule has 1 aromatic heterocycles. The van der Waals surface area contributed by atoms with E-state index >= 15 is 0 Å². The highest BCUT2D eigenvalue weighted by molar-refractivity contribution is 7.11. The number of carbonyl (C=O) groups is 2. The summed E-state index contributed by atoms with van der Waals surface area (Å²) in [6, 6.07) is 6.80. The van der Waals surface area contributed by atoms with E-state index in [0.29, 0.717) is 9.78 Å². The van der Waals surface area contributed by atoms with Gasteiger partial charge in [0.25, 0.3) is 5.91 Å². The maximum Gasteiger partial charge on any atom is 0.416 e. The number of anilines is 1. The van der Waals surface area contributed by atoms with Crippen LogP contribution < -0.4 is 4.90 Å². The Labute approximate surface area is 132 Å². The van der Waals surface area contributed by atoms with Crippen LogP contribution in [0.2, 0.25) is 0 Å². The summed E-state index contributed by atoms with van der Waals surface area (Å²) < 4.78 is 37.7. The van der Waals surface area contributed by atoms with Crippen molar-refractivity contribution in [1.82, 2.24) is 0 Å². The maximum atomic E-state index is 12.6. The van der Waals surface area contributed by atoms with Crippen LogP contribution in [0.3, 0.4) is 0 Å². The van der Waals surface area contributed by atoms with E-state index in [1.807, 2.05) is 0 Å². The van der Waals surface area contributed by atoms with Crippen LogP contribution in [-0.2, 0) is 15.8 Å². The minimum absolute atomic E-state index is 0.0360. The van der Waals surface area contributed by atoms with E-state index < -0.39 is 29.3 Å². The Hall–Kier alpha value is -2.61. The van der Waals surface area contributed by atoms with Crippen molar-refractivity contribution in [2.45, 2.75) is 6.18 Å². The van der Waals surface area contributed by atoms with Crippen LogP contribution in [0.5, 0.6) is 0 Å². The van der Waals surface area contributed by atoms with Gasteiger partial charge in [-0.2, -0.15) is 13.2 Å². The number of imide groups is 1. The maximum absolute atomic E-state index is 12.6. The van der Waals surface area contributed by atoms with Gasteiger partial charge in [-0.3, -0.25) is 9.59 Å². The number of benzene rings is 1. The fourth-order valence-corrected chi connectivity index (χ4v) is 2.96. The molecule has 3 rings (SSSR count). The fraction of sp³-hybridized carbons (Fsp3) is 0.0667. The number of thiophene rings is 1. The zero-order chi connectivity index (χ0) is 16.8. The Morgan fingerprint density at radius 2 is 1.65 bits per heavy atom. The van der Waals surface area contributed by atoms with E-state index in [0.717, 1.165) is 24.3 Å². The van der Waals surface area contributed by atoms with E-state index in [9.17, 15) is 27.9 Å². The number of rotatable bonds is 2. The van der Waals surface area contributed by atoms with E-state index in [1.54, 1.807) is 17.5 Å². The predicted molar refractivity (Wildman–Crippen MR) is 77.8 cm³/mol. The topological polar surface area (TPSA) is 57.6 Å². The number of aliphatic hydroxyl groups excluding tert-OH is 1. The Morgan fingerprint density at radius 3 is 2.17 bits per heavy atom. The summed E-state index contributed by atoms with van der Waals surface area (Å²) in [5.74, 6) is -2.44. The van der Waals surface area contributed by atoms with Crippen molar-refractivity contribution in [1.29, 1.82) is 0 Å². The summed E-state index contributed by atoms with van der Waals surface area (Å²) in [6.45, 7) is 0. The van der Waals surface area contributed by atoms with Crippen molar-refractivity contribution in [2.75, 3.05) is 4.90 Å². The first-order chi connectivity index (χ1) is 10.8. The summed E-state index contributed by atoms with van der Waals surface area (Å²) in [7, 11) is 0. The number of hydrogen-bond donors (Lipinski definition) is 1. The van der Waals surface area contributed by atoms with Gasteiger partial charge in [0.15, 0.2) is 5.76 Å². The molecule has 8 heteroatoms. The molecule has 1 N–H and O–H groups in total. The lowest BCUT2D eigenvalue weighted by molar-refractivity contribution is -0.137. The average molecular weight is 339 g/mol. The quantitative estimate of drug-likeness (QED) is 0.851. The monoisotopic (exact) mass is 339 g/mol. The van der Waals surface area contributed by atoms with Crippen molar-refractivity contribution in [3.8, 4) is 0 Å². The predicted octanol–water partition coefficient (Wildman–Crippen LogP) is 3.61. The molecule has 2 aromatic rings. The second kappa shape index (κ2) is 5.24. The molecule has 0 radical (unpaired) electrons. The molecule has 0 bridgehead atoms. The number of alkyl halides is 3. The summed E-state index contributed by atoms with van der Waals surface area (Å²) >= 11 is 1.17. The molecule has 0 unspecified atom stereocenters. The summed E-state index contributed by atoms with van der Waals surface area (Å²) in [6.07, 6.45) is -4.51. The van der Waals surface area contributed by atoms with Crippen LogP contribution in [0.1, 0.15) is 10.4 Å². The lowest BCUT2D eigenvalue weighted by Crippen LogP contribution is -2.31. The molecule has 0 saturated heterocycles. The first-order valence-corrected chi connectivity index (χ1v) is 7.22. The highest BCUT2D eigenvalue weighted by Crippen LogP contribution is 2.35. The molecular weight excluding hydrogens is 331 g/mol. The fourth-order valence-electron chi connectivity index (χ4n) is 2.20. The van der Waals surface area contributed by atoms with Gasteiger partial charge in [-0.1, -0.05) is 6.07 Å². The van der Waals surface area contributed by atoms with Crippen LogP contribution in [0.15, 0.2) is 47.5 Å². The smallest absolute Gasteiger partial charge is 0.416 e. The number of hydrogen-bond acceptors (Lipinski definition) is 4. The Bertz CT molecular complexity index is 807. The van der Waals surface area contributed by atoms with Crippen molar-refractivity contribution < 1.29 is 27.9 Å². The van der Waals surface area contributed by atoms with Crippen LogP contribution in [0.4, 0.5) is 18.9 Å². The molecule has 1 aromatic carbocycles. The van der Waals surface area contributed by atoms with E-state index in [1.165, 1.54) is 11.3 Å². The Kier molecular flexibility index (Phi) is 3.48. The second-order valence-corrected chi connectivity index (χ2v) is 5.64. The molecule has 1 aliphatic heterocycles. The number of carbonyl (C=O) groups excluding carboxylic acids is 2. The molecule has 2 amide bonds. The molecule has 1 aliphatic rings. The number of amides is 2. The SMILES string of the molecule is O=C1C(O)=C(c2cccs2)C(=O)N1c1ccc(C(F)(F)F)cc1. The Morgan fingerprint density at radius 1 is 1.00 bits per heavy atom. The van der Waals surface area contributed by atoms with E-state index in [2.05, 4.69) is 0 Å². The second-order valence-electron chi connectivity index (χ2n) is 4.69. The van der Waals surface area contributed by atoms with Gasteiger partial charge >= 0.3 is 12.1 Å². The number of nitrogens with zero attached hydrogens (tertiary/aromatic N) is 1. The van der Waals surface area contributed by atoms with Gasteiger partial charge < -0.3 is 5.11 Å². The standard InChI is InChI=1S/C15H8F3NO3S/c16-15(17,18)8-3-5-9(6-4-8)19-13(21)11(12(20)14(19)22)10-2-1-7-23-10/h1-7,20H. The molecule has 0 saturated carbocycles. The van der Waals surface area contributed by atoms with Crippen molar-refractivity contribution in [3.05, 3.63) is 58.0 Å². The molecule has 2 heterocycles. The number of aliphatic hydroxyl groups is 1. The van der Waals surface area contributed by atoms with E-state index in [4.69, 9.17) is 0 Å². The van der Waals surface area contributed by atoms with Gasteiger partial charge in [-0.05, 0) is 35.7 Å². The lowest BCUT2D eigenvalue weighted by atomic mass is 10.2. The first kappa shape index (κ1) is 15.3. The van der Waals surface area contributed by atoms with Gasteiger partial charge in [-0.25, -0.2) is 4.90 Å². The average Bonchev–Trinajstić information content (AvgIpc) is 3.07. The highest BCUT2D eigenvalue weighted by Gasteiger charge is 2.41. The normalized spacial score (nSPS) is 15.7. The van der Waals surface area contributed by atoms with Gasteiger partial charge in [0.2, 0.25) is 0 Å². The molecule has 23 heavy (non-hydrogen) atoms. The van der Waals surface area contributed by atoms with Crippen LogP contribution in [0.25, 0.3) is 5.57 Å². The molecule has 0 spiro atoms. The van der Waals surface area contributed by atoms with Crippen LogP contribution >= 0.6 is 11.3 Å². The van der Waals surface area contributed by atoms with Gasteiger partial charge in [0.1, 0.15) is 5.57 Å². The van der Waals surface area contributed by atoms with E-state index in [-0.39, 0.29) is 11.3 Å². The minimum atomic E-state index is -4.51. The summed E-state index contributed by atoms with van der Waals surface area (Å²) in [5.41, 5.74) is -1.08. The zero-order valence-corrected chi connectivity index (χ0v) is 12.1. The molecule has 118 valence electrons. The number of halogens is 3. The zero-order valence-electron chi connectivity index (χ0n) is 11.3. The molecular formula is C15H8F3NO3S. The molecule has 0 atom stereocenters. The molecule has 0 fully saturated rings. The third-order valence-electron chi connectivity index (χ3n) is 3.28. The largest absolute Gasteiger partial charge is 0.502 e. The van der Waals surface area contributed by atoms with Gasteiger partial charge in [0, 0.05) is 4.88 Å². The third kappa shape index (κ3) is 2.50.